The minimum absolute atomic E-state index is 0.811. The lowest BCUT2D eigenvalue weighted by atomic mass is 10.2. The lowest BCUT2D eigenvalue weighted by Crippen LogP contribution is -1.99. The highest BCUT2D eigenvalue weighted by atomic mass is 79.9. The third-order valence-electron chi connectivity index (χ3n) is 2.50. The van der Waals surface area contributed by atoms with Crippen molar-refractivity contribution < 1.29 is 4.74 Å². The highest BCUT2D eigenvalue weighted by molar-refractivity contribution is 9.10. The summed E-state index contributed by atoms with van der Waals surface area (Å²) in [6.45, 7) is 0.811. The van der Waals surface area contributed by atoms with Gasteiger partial charge in [-0.3, -0.25) is 0 Å². The smallest absolute Gasteiger partial charge is 0.120 e. The van der Waals surface area contributed by atoms with Crippen LogP contribution >= 0.6 is 15.9 Å². The molecule has 88 valence electrons. The molecule has 0 radical (unpaired) electrons. The summed E-state index contributed by atoms with van der Waals surface area (Å²) >= 11 is 3.52. The molecule has 3 heteroatoms. The van der Waals surface area contributed by atoms with Crippen molar-refractivity contribution >= 4 is 21.6 Å². The van der Waals surface area contributed by atoms with Gasteiger partial charge in [0.1, 0.15) is 5.75 Å². The predicted molar refractivity (Wildman–Crippen MR) is 74.5 cm³/mol. The first-order valence-corrected chi connectivity index (χ1v) is 6.20. The van der Waals surface area contributed by atoms with Crippen LogP contribution < -0.4 is 10.1 Å². The number of halogens is 1. The van der Waals surface area contributed by atoms with E-state index in [2.05, 4.69) is 33.4 Å². The highest BCUT2D eigenvalue weighted by Gasteiger charge is 2.01. The van der Waals surface area contributed by atoms with Crippen molar-refractivity contribution in [1.82, 2.24) is 0 Å². The third-order valence-corrected chi connectivity index (χ3v) is 3.16. The number of hydrogen-bond acceptors (Lipinski definition) is 2. The van der Waals surface area contributed by atoms with Crippen LogP contribution in [0.2, 0.25) is 0 Å². The summed E-state index contributed by atoms with van der Waals surface area (Å²) in [5.74, 6) is 0.849. The average molecular weight is 292 g/mol. The molecule has 0 heterocycles. The molecular formula is C14H14BrNO. The van der Waals surface area contributed by atoms with Crippen molar-refractivity contribution in [1.29, 1.82) is 0 Å². The quantitative estimate of drug-likeness (QED) is 0.917. The average Bonchev–Trinajstić information content (AvgIpc) is 2.38. The molecule has 2 rings (SSSR count). The van der Waals surface area contributed by atoms with Crippen LogP contribution in [0.1, 0.15) is 5.56 Å². The summed E-state index contributed by atoms with van der Waals surface area (Å²) in [7, 11) is 1.67. The number of benzene rings is 2. The summed E-state index contributed by atoms with van der Waals surface area (Å²) in [5.41, 5.74) is 2.32. The topological polar surface area (TPSA) is 21.3 Å². The maximum atomic E-state index is 5.16. The second-order valence-electron chi connectivity index (χ2n) is 3.68. The first kappa shape index (κ1) is 12.0. The summed E-state index contributed by atoms with van der Waals surface area (Å²) in [6, 6.07) is 16.2. The van der Waals surface area contributed by atoms with Crippen LogP contribution in [0.15, 0.2) is 53.0 Å². The van der Waals surface area contributed by atoms with Crippen LogP contribution in [-0.4, -0.2) is 7.11 Å². The van der Waals surface area contributed by atoms with E-state index in [-0.39, 0.29) is 0 Å². The van der Waals surface area contributed by atoms with Gasteiger partial charge in [-0.1, -0.05) is 30.3 Å². The van der Waals surface area contributed by atoms with Crippen LogP contribution in [-0.2, 0) is 6.54 Å². The molecule has 0 spiro atoms. The number of nitrogens with one attached hydrogen (secondary N) is 1. The lowest BCUT2D eigenvalue weighted by molar-refractivity contribution is 0.414. The lowest BCUT2D eigenvalue weighted by Gasteiger charge is -2.09. The zero-order chi connectivity index (χ0) is 12.1. The third kappa shape index (κ3) is 3.24. The Morgan fingerprint density at radius 3 is 2.53 bits per heavy atom. The second-order valence-corrected chi connectivity index (χ2v) is 4.54. The number of rotatable bonds is 4. The van der Waals surface area contributed by atoms with E-state index in [0.717, 1.165) is 22.5 Å². The molecule has 0 saturated heterocycles. The minimum Gasteiger partial charge on any atom is -0.497 e. The first-order valence-electron chi connectivity index (χ1n) is 5.41. The van der Waals surface area contributed by atoms with E-state index in [4.69, 9.17) is 4.74 Å². The predicted octanol–water partition coefficient (Wildman–Crippen LogP) is 4.07. The van der Waals surface area contributed by atoms with Gasteiger partial charge in [0, 0.05) is 16.7 Å². The summed E-state index contributed by atoms with van der Waals surface area (Å²) < 4.78 is 6.16. The van der Waals surface area contributed by atoms with Gasteiger partial charge >= 0.3 is 0 Å². The molecule has 2 aromatic rings. The second kappa shape index (κ2) is 5.73. The molecule has 0 aliphatic rings. The molecule has 0 fully saturated rings. The van der Waals surface area contributed by atoms with Gasteiger partial charge in [0.2, 0.25) is 0 Å². The van der Waals surface area contributed by atoms with Gasteiger partial charge in [-0.05, 0) is 39.7 Å². The van der Waals surface area contributed by atoms with Crippen molar-refractivity contribution in [2.75, 3.05) is 12.4 Å². The van der Waals surface area contributed by atoms with Crippen molar-refractivity contribution in [3.8, 4) is 5.75 Å². The Labute approximate surface area is 110 Å². The molecule has 0 aromatic heterocycles. The molecule has 0 amide bonds. The summed E-state index contributed by atoms with van der Waals surface area (Å²) in [4.78, 5) is 0. The van der Waals surface area contributed by atoms with E-state index in [1.165, 1.54) is 5.56 Å². The van der Waals surface area contributed by atoms with Crippen LogP contribution in [0.3, 0.4) is 0 Å². The van der Waals surface area contributed by atoms with Crippen molar-refractivity contribution in [2.45, 2.75) is 6.54 Å². The van der Waals surface area contributed by atoms with Gasteiger partial charge in [-0.15, -0.1) is 0 Å². The summed E-state index contributed by atoms with van der Waals surface area (Å²) in [6.07, 6.45) is 0. The van der Waals surface area contributed by atoms with E-state index < -0.39 is 0 Å². The van der Waals surface area contributed by atoms with E-state index >= 15 is 0 Å². The van der Waals surface area contributed by atoms with Crippen LogP contribution in [0.5, 0.6) is 5.75 Å². The van der Waals surface area contributed by atoms with Gasteiger partial charge in [0.25, 0.3) is 0 Å². The summed E-state index contributed by atoms with van der Waals surface area (Å²) in [5, 5.41) is 3.38. The molecule has 0 unspecified atom stereocenters. The number of hydrogen-bond donors (Lipinski definition) is 1. The molecule has 2 nitrogen and oxygen atoms in total. The van der Waals surface area contributed by atoms with Crippen molar-refractivity contribution in [2.24, 2.45) is 0 Å². The van der Waals surface area contributed by atoms with Gasteiger partial charge < -0.3 is 10.1 Å². The monoisotopic (exact) mass is 291 g/mol. The zero-order valence-corrected chi connectivity index (χ0v) is 11.2. The Bertz CT molecular complexity index is 485. The first-order chi connectivity index (χ1) is 8.29. The Kier molecular flexibility index (Phi) is 4.04. The molecule has 1 N–H and O–H groups in total. The van der Waals surface area contributed by atoms with Crippen molar-refractivity contribution in [3.63, 3.8) is 0 Å². The highest BCUT2D eigenvalue weighted by Crippen LogP contribution is 2.27. The molecule has 17 heavy (non-hydrogen) atoms. The number of methoxy groups -OCH3 is 1. The van der Waals surface area contributed by atoms with Gasteiger partial charge in [0.05, 0.1) is 7.11 Å². The van der Waals surface area contributed by atoms with Crippen LogP contribution in [0.25, 0.3) is 0 Å². The normalized spacial score (nSPS) is 10.0. The Morgan fingerprint density at radius 1 is 1.12 bits per heavy atom. The number of ether oxygens (including phenoxy) is 1. The van der Waals surface area contributed by atoms with Crippen LogP contribution in [0.4, 0.5) is 5.69 Å². The van der Waals surface area contributed by atoms with Crippen LogP contribution in [0, 0.1) is 0 Å². The molecule has 0 aliphatic carbocycles. The van der Waals surface area contributed by atoms with Gasteiger partial charge in [0.15, 0.2) is 0 Å². The molecule has 0 saturated carbocycles. The standard InChI is InChI=1S/C14H14BrNO/c1-17-12-7-8-14(13(15)9-12)16-10-11-5-3-2-4-6-11/h2-9,16H,10H2,1H3. The largest absolute Gasteiger partial charge is 0.497 e. The van der Waals surface area contributed by atoms with Gasteiger partial charge in [-0.2, -0.15) is 0 Å². The maximum Gasteiger partial charge on any atom is 0.120 e. The fourth-order valence-corrected chi connectivity index (χ4v) is 2.06. The molecule has 0 atom stereocenters. The Morgan fingerprint density at radius 2 is 1.88 bits per heavy atom. The van der Waals surface area contributed by atoms with Crippen molar-refractivity contribution in [3.05, 3.63) is 58.6 Å². The maximum absolute atomic E-state index is 5.16. The Hall–Kier alpha value is -1.48. The molecule has 0 aliphatic heterocycles. The fraction of sp³-hybridized carbons (Fsp3) is 0.143. The fourth-order valence-electron chi connectivity index (χ4n) is 1.56. The molecule has 0 bridgehead atoms. The molecule has 2 aromatic carbocycles. The van der Waals surface area contributed by atoms with E-state index in [1.807, 2.05) is 36.4 Å². The van der Waals surface area contributed by atoms with E-state index in [1.54, 1.807) is 7.11 Å². The van der Waals surface area contributed by atoms with Gasteiger partial charge in [-0.25, -0.2) is 0 Å². The SMILES string of the molecule is COc1ccc(NCc2ccccc2)c(Br)c1. The Balaban J connectivity index is 2.04. The van der Waals surface area contributed by atoms with E-state index in [0.29, 0.717) is 0 Å². The zero-order valence-electron chi connectivity index (χ0n) is 9.61. The van der Waals surface area contributed by atoms with E-state index in [9.17, 15) is 0 Å². The molecular weight excluding hydrogens is 278 g/mol. The minimum atomic E-state index is 0.811. The number of anilines is 1.